The van der Waals surface area contributed by atoms with Gasteiger partial charge in [-0.2, -0.15) is 0 Å². The molecule has 1 aliphatic carbocycles. The number of alkyl halides is 1. The Morgan fingerprint density at radius 1 is 1.12 bits per heavy atom. The normalized spacial score (nSPS) is 19.9. The maximum atomic E-state index is 6.24. The molecule has 1 aliphatic rings. The molecule has 2 heteroatoms. The Bertz CT molecular complexity index is 343. The average molecular weight is 316 g/mol. The summed E-state index contributed by atoms with van der Waals surface area (Å²) in [5, 5.41) is 0. The molecule has 0 spiro atoms. The molecule has 1 unspecified atom stereocenters. The van der Waals surface area contributed by atoms with Gasteiger partial charge in [0.2, 0.25) is 0 Å². The summed E-state index contributed by atoms with van der Waals surface area (Å²) >= 11 is 9.91. The zero-order valence-electron chi connectivity index (χ0n) is 10.2. The van der Waals surface area contributed by atoms with Crippen molar-refractivity contribution >= 4 is 27.5 Å². The van der Waals surface area contributed by atoms with E-state index in [-0.39, 0.29) is 0 Å². The summed E-state index contributed by atoms with van der Waals surface area (Å²) in [6, 6.07) is 8.55. The number of hydrogen-bond donors (Lipinski definition) is 0. The van der Waals surface area contributed by atoms with Gasteiger partial charge >= 0.3 is 0 Å². The molecule has 2 rings (SSSR count). The van der Waals surface area contributed by atoms with E-state index in [4.69, 9.17) is 11.6 Å². The van der Waals surface area contributed by atoms with E-state index >= 15 is 0 Å². The van der Waals surface area contributed by atoms with Crippen molar-refractivity contribution in [3.63, 3.8) is 0 Å². The van der Waals surface area contributed by atoms with Crippen molar-refractivity contribution in [1.82, 2.24) is 0 Å². The summed E-state index contributed by atoms with van der Waals surface area (Å²) in [7, 11) is 0. The van der Waals surface area contributed by atoms with Crippen molar-refractivity contribution in [3.8, 4) is 0 Å². The van der Waals surface area contributed by atoms with Crippen molar-refractivity contribution in [2.24, 2.45) is 5.92 Å². The molecule has 0 amide bonds. The molecule has 0 N–H and O–H groups in total. The van der Waals surface area contributed by atoms with Crippen molar-refractivity contribution in [2.45, 2.75) is 44.4 Å². The van der Waals surface area contributed by atoms with E-state index in [0.717, 1.165) is 11.8 Å². The van der Waals surface area contributed by atoms with E-state index in [2.05, 4.69) is 40.2 Å². The lowest BCUT2D eigenvalue weighted by atomic mass is 9.82. The van der Waals surface area contributed by atoms with Crippen molar-refractivity contribution in [1.29, 1.82) is 0 Å². The minimum atomic E-state index is 0.519. The van der Waals surface area contributed by atoms with E-state index in [1.165, 1.54) is 48.6 Å². The molecular formula is C15H20BrCl. The lowest BCUT2D eigenvalue weighted by Crippen LogP contribution is -2.14. The predicted octanol–water partition coefficient (Wildman–Crippen LogP) is 5.74. The molecular weight excluding hydrogens is 296 g/mol. The van der Waals surface area contributed by atoms with E-state index < -0.39 is 0 Å². The summed E-state index contributed by atoms with van der Waals surface area (Å²) in [5.41, 5.74) is 1.40. The lowest BCUT2D eigenvalue weighted by molar-refractivity contribution is 0.396. The van der Waals surface area contributed by atoms with Crippen LogP contribution in [0.15, 0.2) is 28.7 Å². The van der Waals surface area contributed by atoms with E-state index in [1.807, 2.05) is 0 Å². The molecule has 0 nitrogen and oxygen atoms in total. The van der Waals surface area contributed by atoms with Crippen LogP contribution in [0.2, 0.25) is 0 Å². The maximum Gasteiger partial charge on any atom is 0.0295 e. The van der Waals surface area contributed by atoms with Crippen LogP contribution in [0.25, 0.3) is 0 Å². The van der Waals surface area contributed by atoms with E-state index in [0.29, 0.717) is 5.92 Å². The molecule has 0 aromatic heterocycles. The molecule has 1 saturated carbocycles. The van der Waals surface area contributed by atoms with Crippen LogP contribution in [0.1, 0.15) is 50.0 Å². The van der Waals surface area contributed by atoms with E-state index in [1.54, 1.807) is 0 Å². The van der Waals surface area contributed by atoms with Crippen LogP contribution in [0.4, 0.5) is 0 Å². The summed E-state index contributed by atoms with van der Waals surface area (Å²) in [6.45, 7) is 0. The molecule has 0 heterocycles. The Labute approximate surface area is 118 Å². The van der Waals surface area contributed by atoms with Gasteiger partial charge in [0.05, 0.1) is 0 Å². The summed E-state index contributed by atoms with van der Waals surface area (Å²) in [5.74, 6) is 2.03. The first-order valence-corrected chi connectivity index (χ1v) is 7.96. The van der Waals surface area contributed by atoms with Gasteiger partial charge in [-0.25, -0.2) is 0 Å². The molecule has 0 aliphatic heterocycles. The van der Waals surface area contributed by atoms with Crippen LogP contribution in [-0.2, 0) is 0 Å². The number of rotatable bonds is 3. The van der Waals surface area contributed by atoms with Crippen LogP contribution in [0, 0.1) is 5.92 Å². The second-order valence-electron chi connectivity index (χ2n) is 5.03. The molecule has 1 aromatic carbocycles. The Hall–Kier alpha value is -0.0100. The van der Waals surface area contributed by atoms with Gasteiger partial charge in [-0.15, -0.1) is 11.6 Å². The molecule has 0 saturated heterocycles. The number of benzene rings is 1. The molecule has 1 aromatic rings. The first kappa shape index (κ1) is 13.4. The zero-order chi connectivity index (χ0) is 12.1. The van der Waals surface area contributed by atoms with Crippen LogP contribution in [0.5, 0.6) is 0 Å². The SMILES string of the molecule is ClCC(c1ccccc1Br)C1CCCCCC1. The fourth-order valence-electron chi connectivity index (χ4n) is 2.95. The zero-order valence-corrected chi connectivity index (χ0v) is 12.5. The summed E-state index contributed by atoms with van der Waals surface area (Å²) in [4.78, 5) is 0. The third-order valence-electron chi connectivity index (χ3n) is 3.94. The molecule has 0 radical (unpaired) electrons. The second kappa shape index (κ2) is 6.80. The minimum absolute atomic E-state index is 0.519. The monoisotopic (exact) mass is 314 g/mol. The third-order valence-corrected chi connectivity index (χ3v) is 4.99. The smallest absolute Gasteiger partial charge is 0.0295 e. The molecule has 0 bridgehead atoms. The highest BCUT2D eigenvalue weighted by Gasteiger charge is 2.24. The largest absolute Gasteiger partial charge is 0.126 e. The Kier molecular flexibility index (Phi) is 5.37. The fraction of sp³-hybridized carbons (Fsp3) is 0.600. The minimum Gasteiger partial charge on any atom is -0.126 e. The van der Waals surface area contributed by atoms with Crippen LogP contribution in [0.3, 0.4) is 0 Å². The summed E-state index contributed by atoms with van der Waals surface area (Å²) in [6.07, 6.45) is 8.26. The highest BCUT2D eigenvalue weighted by Crippen LogP contribution is 2.38. The first-order chi connectivity index (χ1) is 8.33. The van der Waals surface area contributed by atoms with Gasteiger partial charge in [-0.05, 0) is 30.4 Å². The van der Waals surface area contributed by atoms with Gasteiger partial charge in [-0.1, -0.05) is 59.8 Å². The van der Waals surface area contributed by atoms with Crippen molar-refractivity contribution < 1.29 is 0 Å². The first-order valence-electron chi connectivity index (χ1n) is 6.63. The van der Waals surface area contributed by atoms with Gasteiger partial charge in [-0.3, -0.25) is 0 Å². The topological polar surface area (TPSA) is 0 Å². The van der Waals surface area contributed by atoms with Gasteiger partial charge in [0.1, 0.15) is 0 Å². The Morgan fingerprint density at radius 3 is 2.35 bits per heavy atom. The van der Waals surface area contributed by atoms with E-state index in [9.17, 15) is 0 Å². The fourth-order valence-corrected chi connectivity index (χ4v) is 3.95. The lowest BCUT2D eigenvalue weighted by Gasteiger charge is -2.25. The van der Waals surface area contributed by atoms with Gasteiger partial charge in [0.15, 0.2) is 0 Å². The number of hydrogen-bond acceptors (Lipinski definition) is 0. The standard InChI is InChI=1S/C15H20BrCl/c16-15-10-6-5-9-13(15)14(11-17)12-7-3-1-2-4-8-12/h5-6,9-10,12,14H,1-4,7-8,11H2. The molecule has 1 atom stereocenters. The van der Waals surface area contributed by atoms with Crippen LogP contribution in [-0.4, -0.2) is 5.88 Å². The third kappa shape index (κ3) is 3.48. The highest BCUT2D eigenvalue weighted by atomic mass is 79.9. The van der Waals surface area contributed by atoms with Crippen molar-refractivity contribution in [2.75, 3.05) is 5.88 Å². The van der Waals surface area contributed by atoms with Gasteiger partial charge in [0, 0.05) is 16.3 Å². The molecule has 1 fully saturated rings. The molecule has 17 heavy (non-hydrogen) atoms. The Morgan fingerprint density at radius 2 is 1.76 bits per heavy atom. The van der Waals surface area contributed by atoms with Crippen LogP contribution >= 0.6 is 27.5 Å². The van der Waals surface area contributed by atoms with Gasteiger partial charge < -0.3 is 0 Å². The highest BCUT2D eigenvalue weighted by molar-refractivity contribution is 9.10. The van der Waals surface area contributed by atoms with Crippen LogP contribution < -0.4 is 0 Å². The number of halogens is 2. The Balaban J connectivity index is 2.17. The van der Waals surface area contributed by atoms with Crippen molar-refractivity contribution in [3.05, 3.63) is 34.3 Å². The second-order valence-corrected chi connectivity index (χ2v) is 6.20. The summed E-state index contributed by atoms with van der Waals surface area (Å²) < 4.78 is 1.22. The predicted molar refractivity (Wildman–Crippen MR) is 78.8 cm³/mol. The quantitative estimate of drug-likeness (QED) is 0.492. The maximum absolute atomic E-state index is 6.24. The van der Waals surface area contributed by atoms with Gasteiger partial charge in [0.25, 0.3) is 0 Å². The molecule has 94 valence electrons. The average Bonchev–Trinajstić information content (AvgIpc) is 2.62.